The van der Waals surface area contributed by atoms with Gasteiger partial charge < -0.3 is 4.74 Å². The minimum Gasteiger partial charge on any atom is -0.497 e. The number of carbonyl (C=O) groups excluding carboxylic acids is 1. The van der Waals surface area contributed by atoms with Crippen LogP contribution in [0.5, 0.6) is 5.75 Å². The predicted octanol–water partition coefficient (Wildman–Crippen LogP) is 0.324. The molecule has 0 N–H and O–H groups in total. The standard InChI is InChI=1S/C8H8O2.BH3/c1-10-8-4-2-7(6-9)3-5-8;/h2-6H,1H3;1H3. The molecule has 0 spiro atoms. The van der Waals surface area contributed by atoms with Crippen LogP contribution in [0, 0.1) is 0 Å². The van der Waals surface area contributed by atoms with E-state index < -0.39 is 0 Å². The van der Waals surface area contributed by atoms with Gasteiger partial charge in [-0.3, -0.25) is 4.79 Å². The first-order valence-corrected chi connectivity index (χ1v) is 2.96. The normalized spacial score (nSPS) is 8.09. The Morgan fingerprint density at radius 1 is 1.27 bits per heavy atom. The van der Waals surface area contributed by atoms with Gasteiger partial charge in [0.15, 0.2) is 0 Å². The van der Waals surface area contributed by atoms with Crippen LogP contribution in [-0.4, -0.2) is 21.8 Å². The number of aldehydes is 1. The molecule has 11 heavy (non-hydrogen) atoms. The maximum atomic E-state index is 10.2. The molecule has 1 rings (SSSR count). The molecule has 1 aromatic rings. The summed E-state index contributed by atoms with van der Waals surface area (Å²) in [6.45, 7) is 0. The van der Waals surface area contributed by atoms with Crippen molar-refractivity contribution in [2.24, 2.45) is 0 Å². The second-order valence-electron chi connectivity index (χ2n) is 1.89. The highest BCUT2D eigenvalue weighted by molar-refractivity contribution is 5.75. The molecule has 0 heterocycles. The maximum Gasteiger partial charge on any atom is 0.150 e. The van der Waals surface area contributed by atoms with Crippen molar-refractivity contribution in [2.45, 2.75) is 0 Å². The molecule has 0 bridgehead atoms. The van der Waals surface area contributed by atoms with Crippen molar-refractivity contribution in [1.29, 1.82) is 0 Å². The summed E-state index contributed by atoms with van der Waals surface area (Å²) in [5, 5.41) is 0. The van der Waals surface area contributed by atoms with E-state index in [9.17, 15) is 4.79 Å². The lowest BCUT2D eigenvalue weighted by atomic mass is 10.2. The molecule has 2 nitrogen and oxygen atoms in total. The van der Waals surface area contributed by atoms with E-state index in [1.807, 2.05) is 0 Å². The van der Waals surface area contributed by atoms with Crippen LogP contribution >= 0.6 is 0 Å². The van der Waals surface area contributed by atoms with Crippen LogP contribution < -0.4 is 4.74 Å². The second kappa shape index (κ2) is 4.55. The smallest absolute Gasteiger partial charge is 0.150 e. The monoisotopic (exact) mass is 150 g/mol. The number of benzene rings is 1. The summed E-state index contributed by atoms with van der Waals surface area (Å²) in [7, 11) is 1.59. The first kappa shape index (κ1) is 9.75. The molecule has 0 aliphatic carbocycles. The van der Waals surface area contributed by atoms with Gasteiger partial charge in [-0.15, -0.1) is 0 Å². The quantitative estimate of drug-likeness (QED) is 0.448. The Bertz CT molecular complexity index is 218. The molecule has 0 amide bonds. The van der Waals surface area contributed by atoms with Crippen LogP contribution in [0.15, 0.2) is 24.3 Å². The molecule has 0 fully saturated rings. The largest absolute Gasteiger partial charge is 0.497 e. The zero-order valence-corrected chi connectivity index (χ0v) is 5.70. The van der Waals surface area contributed by atoms with E-state index >= 15 is 0 Å². The minimum atomic E-state index is 0. The second-order valence-corrected chi connectivity index (χ2v) is 1.89. The molecule has 1 aromatic carbocycles. The van der Waals surface area contributed by atoms with Crippen molar-refractivity contribution < 1.29 is 9.53 Å². The van der Waals surface area contributed by atoms with Gasteiger partial charge in [0, 0.05) is 5.56 Å². The van der Waals surface area contributed by atoms with Gasteiger partial charge in [-0.05, 0) is 24.3 Å². The van der Waals surface area contributed by atoms with Crippen molar-refractivity contribution in [1.82, 2.24) is 0 Å². The molecule has 0 radical (unpaired) electrons. The summed E-state index contributed by atoms with van der Waals surface area (Å²) < 4.78 is 4.90. The zero-order chi connectivity index (χ0) is 7.40. The molecule has 58 valence electrons. The van der Waals surface area contributed by atoms with Gasteiger partial charge in [-0.2, -0.15) is 0 Å². The summed E-state index contributed by atoms with van der Waals surface area (Å²) in [6, 6.07) is 6.94. The molecular weight excluding hydrogens is 139 g/mol. The molecule has 0 atom stereocenters. The Labute approximate surface area is 67.8 Å². The Morgan fingerprint density at radius 2 is 1.82 bits per heavy atom. The van der Waals surface area contributed by atoms with E-state index in [1.54, 1.807) is 31.4 Å². The fraction of sp³-hybridized carbons (Fsp3) is 0.125. The fourth-order valence-electron chi connectivity index (χ4n) is 0.682. The van der Waals surface area contributed by atoms with Crippen LogP contribution in [0.25, 0.3) is 0 Å². The number of hydrogen-bond donors (Lipinski definition) is 0. The number of rotatable bonds is 2. The van der Waals surface area contributed by atoms with Crippen molar-refractivity contribution in [3.05, 3.63) is 29.8 Å². The summed E-state index contributed by atoms with van der Waals surface area (Å²) in [4.78, 5) is 10.2. The molecule has 3 heteroatoms. The van der Waals surface area contributed by atoms with Crippen LogP contribution in [0.1, 0.15) is 10.4 Å². The highest BCUT2D eigenvalue weighted by atomic mass is 16.5. The number of hydrogen-bond acceptors (Lipinski definition) is 2. The van der Waals surface area contributed by atoms with Crippen molar-refractivity contribution >= 4 is 14.7 Å². The van der Waals surface area contributed by atoms with E-state index in [0.29, 0.717) is 5.56 Å². The number of ether oxygens (including phenoxy) is 1. The first-order chi connectivity index (χ1) is 4.86. The Balaban J connectivity index is 0.000001000. The SMILES string of the molecule is B.COc1ccc(C=O)cc1. The third kappa shape index (κ3) is 2.46. The van der Waals surface area contributed by atoms with Gasteiger partial charge in [-0.25, -0.2) is 0 Å². The lowest BCUT2D eigenvalue weighted by Gasteiger charge is -1.96. The van der Waals surface area contributed by atoms with Crippen LogP contribution in [0.4, 0.5) is 0 Å². The van der Waals surface area contributed by atoms with Crippen molar-refractivity contribution in [2.75, 3.05) is 7.11 Å². The van der Waals surface area contributed by atoms with Gasteiger partial charge in [0.1, 0.15) is 12.0 Å². The van der Waals surface area contributed by atoms with Gasteiger partial charge in [0.25, 0.3) is 0 Å². The topological polar surface area (TPSA) is 26.3 Å². The average molecular weight is 150 g/mol. The van der Waals surface area contributed by atoms with E-state index in [4.69, 9.17) is 4.74 Å². The van der Waals surface area contributed by atoms with Gasteiger partial charge in [-0.1, -0.05) is 0 Å². The summed E-state index contributed by atoms with van der Waals surface area (Å²) in [6.07, 6.45) is 0.805. The van der Waals surface area contributed by atoms with Crippen molar-refractivity contribution in [3.63, 3.8) is 0 Å². The minimum absolute atomic E-state index is 0. The highest BCUT2D eigenvalue weighted by Gasteiger charge is 1.89. The van der Waals surface area contributed by atoms with Crippen LogP contribution in [0.3, 0.4) is 0 Å². The van der Waals surface area contributed by atoms with Gasteiger partial charge in [0.05, 0.1) is 15.5 Å². The molecule has 0 aliphatic rings. The van der Waals surface area contributed by atoms with Crippen LogP contribution in [0.2, 0.25) is 0 Å². The Kier molecular flexibility index (Phi) is 4.04. The fourth-order valence-corrected chi connectivity index (χ4v) is 0.682. The lowest BCUT2D eigenvalue weighted by Crippen LogP contribution is -1.82. The number of carbonyl (C=O) groups is 1. The van der Waals surface area contributed by atoms with Crippen LogP contribution in [-0.2, 0) is 0 Å². The third-order valence-corrected chi connectivity index (χ3v) is 1.25. The molecular formula is C8H11BO2. The number of methoxy groups -OCH3 is 1. The molecule has 0 aliphatic heterocycles. The molecule has 0 saturated carbocycles. The highest BCUT2D eigenvalue weighted by Crippen LogP contribution is 2.09. The zero-order valence-electron chi connectivity index (χ0n) is 5.70. The molecule has 0 saturated heterocycles. The maximum absolute atomic E-state index is 10.2. The molecule has 0 aromatic heterocycles. The van der Waals surface area contributed by atoms with E-state index in [-0.39, 0.29) is 8.41 Å². The average Bonchev–Trinajstić information content (AvgIpc) is 2.05. The van der Waals surface area contributed by atoms with E-state index in [1.165, 1.54) is 0 Å². The summed E-state index contributed by atoms with van der Waals surface area (Å²) in [5.41, 5.74) is 0.667. The summed E-state index contributed by atoms with van der Waals surface area (Å²) in [5.74, 6) is 0.769. The first-order valence-electron chi connectivity index (χ1n) is 2.96. The lowest BCUT2D eigenvalue weighted by molar-refractivity contribution is 0.112. The van der Waals surface area contributed by atoms with Gasteiger partial charge in [0.2, 0.25) is 0 Å². The molecule has 0 unspecified atom stereocenters. The summed E-state index contributed by atoms with van der Waals surface area (Å²) >= 11 is 0. The van der Waals surface area contributed by atoms with E-state index in [2.05, 4.69) is 0 Å². The Hall–Kier alpha value is -1.25. The van der Waals surface area contributed by atoms with E-state index in [0.717, 1.165) is 12.0 Å². The van der Waals surface area contributed by atoms with Crippen molar-refractivity contribution in [3.8, 4) is 5.75 Å². The Morgan fingerprint density at radius 3 is 2.18 bits per heavy atom. The van der Waals surface area contributed by atoms with Gasteiger partial charge >= 0.3 is 0 Å². The predicted molar refractivity (Wildman–Crippen MR) is 48.3 cm³/mol. The third-order valence-electron chi connectivity index (χ3n) is 1.25.